The number of hydrogen-bond donors (Lipinski definition) is 1. The molecule has 1 fully saturated rings. The van der Waals surface area contributed by atoms with Crippen molar-refractivity contribution < 1.29 is 14.7 Å². The Bertz CT molecular complexity index is 898. The SMILES string of the molecule is Cc1cc(-n2ccc(C)c(C(=O)O)c2=O)ccc1N1CCCC1=O. The third-order valence-electron chi connectivity index (χ3n) is 4.34. The molecule has 0 saturated carbocycles. The fourth-order valence-electron chi connectivity index (χ4n) is 3.09. The van der Waals surface area contributed by atoms with Crippen LogP contribution < -0.4 is 10.5 Å². The highest BCUT2D eigenvalue weighted by molar-refractivity contribution is 5.96. The first-order valence-electron chi connectivity index (χ1n) is 7.77. The van der Waals surface area contributed by atoms with Crippen LogP contribution in [0.15, 0.2) is 35.3 Å². The van der Waals surface area contributed by atoms with Gasteiger partial charge in [-0.15, -0.1) is 0 Å². The van der Waals surface area contributed by atoms with Gasteiger partial charge in [-0.3, -0.25) is 14.2 Å². The Morgan fingerprint density at radius 1 is 1.12 bits per heavy atom. The summed E-state index contributed by atoms with van der Waals surface area (Å²) in [5, 5.41) is 9.23. The first kappa shape index (κ1) is 16.0. The first-order valence-corrected chi connectivity index (χ1v) is 7.77. The van der Waals surface area contributed by atoms with Crippen molar-refractivity contribution in [3.63, 3.8) is 0 Å². The van der Waals surface area contributed by atoms with Crippen LogP contribution in [0.2, 0.25) is 0 Å². The lowest BCUT2D eigenvalue weighted by Crippen LogP contribution is -2.27. The number of amides is 1. The number of aromatic nitrogens is 1. The molecule has 0 spiro atoms. The Morgan fingerprint density at radius 2 is 1.88 bits per heavy atom. The predicted octanol–water partition coefficient (Wildman–Crippen LogP) is 2.28. The van der Waals surface area contributed by atoms with Gasteiger partial charge in [-0.25, -0.2) is 4.79 Å². The molecule has 0 aliphatic carbocycles. The van der Waals surface area contributed by atoms with Crippen LogP contribution in [-0.2, 0) is 4.79 Å². The van der Waals surface area contributed by atoms with Gasteiger partial charge in [0.1, 0.15) is 5.56 Å². The summed E-state index contributed by atoms with van der Waals surface area (Å²) in [6.45, 7) is 4.18. The molecule has 24 heavy (non-hydrogen) atoms. The summed E-state index contributed by atoms with van der Waals surface area (Å²) in [7, 11) is 0. The quantitative estimate of drug-likeness (QED) is 0.938. The fourth-order valence-corrected chi connectivity index (χ4v) is 3.09. The van der Waals surface area contributed by atoms with Crippen molar-refractivity contribution in [2.75, 3.05) is 11.4 Å². The highest BCUT2D eigenvalue weighted by atomic mass is 16.4. The minimum Gasteiger partial charge on any atom is -0.477 e. The van der Waals surface area contributed by atoms with Crippen molar-refractivity contribution in [1.82, 2.24) is 4.57 Å². The van der Waals surface area contributed by atoms with Crippen molar-refractivity contribution >= 4 is 17.6 Å². The standard InChI is InChI=1S/C18H18N2O4/c1-11-7-9-19(17(22)16(11)18(23)24)13-5-6-14(12(2)10-13)20-8-3-4-15(20)21/h5-7,9-10H,3-4,8H2,1-2H3,(H,23,24). The third kappa shape index (κ3) is 2.60. The van der Waals surface area contributed by atoms with Crippen LogP contribution >= 0.6 is 0 Å². The van der Waals surface area contributed by atoms with E-state index >= 15 is 0 Å². The highest BCUT2D eigenvalue weighted by Gasteiger charge is 2.23. The van der Waals surface area contributed by atoms with E-state index in [0.717, 1.165) is 17.7 Å². The zero-order valence-corrected chi connectivity index (χ0v) is 13.6. The van der Waals surface area contributed by atoms with Crippen LogP contribution in [0.4, 0.5) is 5.69 Å². The van der Waals surface area contributed by atoms with Gasteiger partial charge in [-0.1, -0.05) is 0 Å². The summed E-state index contributed by atoms with van der Waals surface area (Å²) in [5.41, 5.74) is 1.92. The Morgan fingerprint density at radius 3 is 2.46 bits per heavy atom. The zero-order valence-electron chi connectivity index (χ0n) is 13.6. The molecule has 3 rings (SSSR count). The van der Waals surface area contributed by atoms with E-state index in [1.165, 1.54) is 4.57 Å². The van der Waals surface area contributed by atoms with Gasteiger partial charge < -0.3 is 10.0 Å². The second-order valence-corrected chi connectivity index (χ2v) is 5.97. The number of pyridine rings is 1. The van der Waals surface area contributed by atoms with E-state index in [1.54, 1.807) is 42.3 Å². The van der Waals surface area contributed by atoms with Crippen molar-refractivity contribution in [3.05, 3.63) is 57.5 Å². The Hall–Kier alpha value is -2.89. The molecule has 0 bridgehead atoms. The van der Waals surface area contributed by atoms with E-state index in [2.05, 4.69) is 0 Å². The minimum atomic E-state index is -1.23. The molecule has 0 radical (unpaired) electrons. The molecule has 1 amide bonds. The molecular weight excluding hydrogens is 308 g/mol. The summed E-state index contributed by atoms with van der Waals surface area (Å²) in [4.78, 5) is 37.4. The first-order chi connectivity index (χ1) is 11.4. The van der Waals surface area contributed by atoms with Gasteiger partial charge in [0.2, 0.25) is 5.91 Å². The molecular formula is C18H18N2O4. The Kier molecular flexibility index (Phi) is 3.97. The van der Waals surface area contributed by atoms with E-state index < -0.39 is 11.5 Å². The molecule has 1 aromatic carbocycles. The average molecular weight is 326 g/mol. The number of aryl methyl sites for hydroxylation is 2. The van der Waals surface area contributed by atoms with Crippen LogP contribution in [0.3, 0.4) is 0 Å². The van der Waals surface area contributed by atoms with Gasteiger partial charge in [0.25, 0.3) is 5.56 Å². The number of rotatable bonds is 3. The lowest BCUT2D eigenvalue weighted by atomic mass is 10.1. The van der Waals surface area contributed by atoms with Gasteiger partial charge in [0, 0.05) is 30.5 Å². The van der Waals surface area contributed by atoms with Gasteiger partial charge >= 0.3 is 5.97 Å². The summed E-state index contributed by atoms with van der Waals surface area (Å²) in [6, 6.07) is 6.94. The van der Waals surface area contributed by atoms with Gasteiger partial charge in [0.15, 0.2) is 0 Å². The highest BCUT2D eigenvalue weighted by Crippen LogP contribution is 2.26. The number of carbonyl (C=O) groups is 2. The summed E-state index contributed by atoms with van der Waals surface area (Å²) >= 11 is 0. The van der Waals surface area contributed by atoms with Gasteiger partial charge in [-0.2, -0.15) is 0 Å². The predicted molar refractivity (Wildman–Crippen MR) is 90.1 cm³/mol. The van der Waals surface area contributed by atoms with Crippen molar-refractivity contribution in [3.8, 4) is 5.69 Å². The maximum absolute atomic E-state index is 12.5. The number of carboxylic acid groups (broad SMARTS) is 1. The normalized spacial score (nSPS) is 14.2. The van der Waals surface area contributed by atoms with Crippen molar-refractivity contribution in [2.45, 2.75) is 26.7 Å². The number of carbonyl (C=O) groups excluding carboxylic acids is 1. The van der Waals surface area contributed by atoms with E-state index in [4.69, 9.17) is 0 Å². The molecule has 124 valence electrons. The van der Waals surface area contributed by atoms with Crippen LogP contribution in [0.25, 0.3) is 5.69 Å². The maximum atomic E-state index is 12.5. The van der Waals surface area contributed by atoms with Crippen LogP contribution in [-0.4, -0.2) is 28.1 Å². The molecule has 6 nitrogen and oxygen atoms in total. The molecule has 2 aromatic rings. The smallest absolute Gasteiger partial charge is 0.341 e. The minimum absolute atomic E-state index is 0.103. The molecule has 1 saturated heterocycles. The maximum Gasteiger partial charge on any atom is 0.341 e. The van der Waals surface area contributed by atoms with Gasteiger partial charge in [0.05, 0.1) is 0 Å². The van der Waals surface area contributed by atoms with Crippen LogP contribution in [0.5, 0.6) is 0 Å². The Balaban J connectivity index is 2.07. The molecule has 1 aliphatic rings. The molecule has 1 aromatic heterocycles. The number of anilines is 1. The van der Waals surface area contributed by atoms with E-state index in [0.29, 0.717) is 24.2 Å². The van der Waals surface area contributed by atoms with Crippen molar-refractivity contribution in [1.29, 1.82) is 0 Å². The second kappa shape index (κ2) is 5.96. The number of nitrogens with zero attached hydrogens (tertiary/aromatic N) is 2. The van der Waals surface area contributed by atoms with Crippen molar-refractivity contribution in [2.24, 2.45) is 0 Å². The summed E-state index contributed by atoms with van der Waals surface area (Å²) in [5.74, 6) is -1.13. The average Bonchev–Trinajstić information content (AvgIpc) is 2.93. The van der Waals surface area contributed by atoms with Crippen LogP contribution in [0.1, 0.15) is 34.3 Å². The Labute approximate surface area is 139 Å². The van der Waals surface area contributed by atoms with E-state index in [1.807, 2.05) is 6.92 Å². The molecule has 6 heteroatoms. The number of carboxylic acids is 1. The number of benzene rings is 1. The zero-order chi connectivity index (χ0) is 17.4. The van der Waals surface area contributed by atoms with E-state index in [-0.39, 0.29) is 11.5 Å². The van der Waals surface area contributed by atoms with Gasteiger partial charge in [-0.05, 0) is 55.7 Å². The summed E-state index contributed by atoms with van der Waals surface area (Å²) < 4.78 is 1.32. The monoisotopic (exact) mass is 326 g/mol. The van der Waals surface area contributed by atoms with Crippen LogP contribution in [0, 0.1) is 13.8 Å². The molecule has 0 atom stereocenters. The lowest BCUT2D eigenvalue weighted by molar-refractivity contribution is -0.117. The molecule has 2 heterocycles. The number of hydrogen-bond acceptors (Lipinski definition) is 3. The molecule has 1 N–H and O–H groups in total. The third-order valence-corrected chi connectivity index (χ3v) is 4.34. The largest absolute Gasteiger partial charge is 0.477 e. The molecule has 1 aliphatic heterocycles. The number of aromatic carboxylic acids is 1. The second-order valence-electron chi connectivity index (χ2n) is 5.97. The van der Waals surface area contributed by atoms with E-state index in [9.17, 15) is 19.5 Å². The molecule has 0 unspecified atom stereocenters. The fraction of sp³-hybridized carbons (Fsp3) is 0.278. The lowest BCUT2D eigenvalue weighted by Gasteiger charge is -2.19. The topological polar surface area (TPSA) is 79.6 Å². The summed E-state index contributed by atoms with van der Waals surface area (Å²) in [6.07, 6.45) is 2.97.